The third-order valence-corrected chi connectivity index (χ3v) is 3.94. The Balaban J connectivity index is 1.88. The quantitative estimate of drug-likeness (QED) is 0.848. The molecule has 1 aromatic rings. The number of hydrogen-bond acceptors (Lipinski definition) is 2. The summed E-state index contributed by atoms with van der Waals surface area (Å²) in [7, 11) is 1.73. The van der Waals surface area contributed by atoms with Crippen LogP contribution in [0.25, 0.3) is 0 Å². The molecule has 1 atom stereocenters. The summed E-state index contributed by atoms with van der Waals surface area (Å²) in [6.07, 6.45) is 7.49. The molecule has 1 aliphatic carbocycles. The number of methoxy groups -OCH3 is 1. The largest absolute Gasteiger partial charge is 0.496 e. The first kappa shape index (κ1) is 12.4. The smallest absolute Gasteiger partial charge is 0.122 e. The summed E-state index contributed by atoms with van der Waals surface area (Å²) < 4.78 is 5.36. The highest BCUT2D eigenvalue weighted by molar-refractivity contribution is 5.33. The van der Waals surface area contributed by atoms with Crippen molar-refractivity contribution in [3.8, 4) is 5.75 Å². The van der Waals surface area contributed by atoms with Gasteiger partial charge in [0.25, 0.3) is 0 Å². The van der Waals surface area contributed by atoms with E-state index in [-0.39, 0.29) is 0 Å². The van der Waals surface area contributed by atoms with Gasteiger partial charge in [-0.15, -0.1) is 0 Å². The normalized spacial score (nSPS) is 18.2. The summed E-state index contributed by atoms with van der Waals surface area (Å²) in [4.78, 5) is 0. The molecule has 0 aliphatic heterocycles. The van der Waals surface area contributed by atoms with Crippen molar-refractivity contribution < 1.29 is 4.74 Å². The average Bonchev–Trinajstić information content (AvgIpc) is 2.90. The van der Waals surface area contributed by atoms with Crippen LogP contribution < -0.4 is 10.5 Å². The summed E-state index contributed by atoms with van der Waals surface area (Å²) in [6, 6.07) is 8.61. The maximum atomic E-state index is 6.28. The topological polar surface area (TPSA) is 35.2 Å². The number of hydrogen-bond donors (Lipinski definition) is 1. The van der Waals surface area contributed by atoms with E-state index in [0.717, 1.165) is 24.5 Å². The second kappa shape index (κ2) is 6.06. The zero-order chi connectivity index (χ0) is 12.1. The van der Waals surface area contributed by atoms with Crippen molar-refractivity contribution in [2.45, 2.75) is 44.6 Å². The molecule has 0 spiro atoms. The lowest BCUT2D eigenvalue weighted by Crippen LogP contribution is -2.28. The Morgan fingerprint density at radius 2 is 2.00 bits per heavy atom. The molecule has 1 aromatic carbocycles. The molecule has 94 valence electrons. The van der Waals surface area contributed by atoms with Gasteiger partial charge in [-0.3, -0.25) is 0 Å². The Hall–Kier alpha value is -1.02. The number of aryl methyl sites for hydroxylation is 1. The predicted molar refractivity (Wildman–Crippen MR) is 71.2 cm³/mol. The molecule has 1 aliphatic rings. The lowest BCUT2D eigenvalue weighted by atomic mass is 9.93. The predicted octanol–water partition coefficient (Wildman–Crippen LogP) is 3.15. The van der Waals surface area contributed by atoms with Crippen molar-refractivity contribution in [1.29, 1.82) is 0 Å². The van der Waals surface area contributed by atoms with Crippen LogP contribution in [0.4, 0.5) is 0 Å². The number of para-hydroxylation sites is 1. The van der Waals surface area contributed by atoms with Crippen molar-refractivity contribution in [3.05, 3.63) is 29.8 Å². The van der Waals surface area contributed by atoms with Crippen LogP contribution >= 0.6 is 0 Å². The SMILES string of the molecule is COc1ccccc1CCC(N)C1CCCC1. The molecule has 0 aromatic heterocycles. The van der Waals surface area contributed by atoms with E-state index >= 15 is 0 Å². The van der Waals surface area contributed by atoms with Crippen molar-refractivity contribution >= 4 is 0 Å². The van der Waals surface area contributed by atoms with Crippen molar-refractivity contribution in [2.24, 2.45) is 11.7 Å². The fourth-order valence-electron chi connectivity index (χ4n) is 2.85. The third-order valence-electron chi connectivity index (χ3n) is 3.94. The molecule has 17 heavy (non-hydrogen) atoms. The Labute approximate surface area is 104 Å². The molecule has 2 nitrogen and oxygen atoms in total. The molecule has 1 fully saturated rings. The minimum atomic E-state index is 0.363. The van der Waals surface area contributed by atoms with Crippen molar-refractivity contribution in [1.82, 2.24) is 0 Å². The standard InChI is InChI=1S/C15H23NO/c1-17-15-9-5-4-8-13(15)10-11-14(16)12-6-2-3-7-12/h4-5,8-9,12,14H,2-3,6-7,10-11,16H2,1H3. The zero-order valence-electron chi connectivity index (χ0n) is 10.7. The molecule has 2 heteroatoms. The maximum absolute atomic E-state index is 6.28. The monoisotopic (exact) mass is 233 g/mol. The van der Waals surface area contributed by atoms with Gasteiger partial charge in [-0.1, -0.05) is 31.0 Å². The second-order valence-corrected chi connectivity index (χ2v) is 5.06. The minimum absolute atomic E-state index is 0.363. The van der Waals surface area contributed by atoms with E-state index in [1.807, 2.05) is 12.1 Å². The molecule has 1 saturated carbocycles. The van der Waals surface area contributed by atoms with E-state index in [1.165, 1.54) is 31.2 Å². The molecular weight excluding hydrogens is 210 g/mol. The number of benzene rings is 1. The third kappa shape index (κ3) is 3.22. The van der Waals surface area contributed by atoms with E-state index in [4.69, 9.17) is 10.5 Å². The first-order chi connectivity index (χ1) is 8.31. The van der Waals surface area contributed by atoms with Gasteiger partial charge in [0, 0.05) is 6.04 Å². The molecule has 0 saturated heterocycles. The molecule has 0 radical (unpaired) electrons. The van der Waals surface area contributed by atoms with Crippen molar-refractivity contribution in [3.63, 3.8) is 0 Å². The van der Waals surface area contributed by atoms with Gasteiger partial charge in [-0.25, -0.2) is 0 Å². The van der Waals surface area contributed by atoms with Gasteiger partial charge >= 0.3 is 0 Å². The van der Waals surface area contributed by atoms with Crippen LogP contribution in [0.3, 0.4) is 0 Å². The average molecular weight is 233 g/mol. The first-order valence-electron chi connectivity index (χ1n) is 6.68. The fourth-order valence-corrected chi connectivity index (χ4v) is 2.85. The van der Waals surface area contributed by atoms with Gasteiger partial charge in [0.2, 0.25) is 0 Å². The lowest BCUT2D eigenvalue weighted by Gasteiger charge is -2.19. The minimum Gasteiger partial charge on any atom is -0.496 e. The fraction of sp³-hybridized carbons (Fsp3) is 0.600. The first-order valence-corrected chi connectivity index (χ1v) is 6.68. The van der Waals surface area contributed by atoms with Gasteiger partial charge in [-0.2, -0.15) is 0 Å². The van der Waals surface area contributed by atoms with E-state index < -0.39 is 0 Å². The van der Waals surface area contributed by atoms with Crippen molar-refractivity contribution in [2.75, 3.05) is 7.11 Å². The number of rotatable bonds is 5. The summed E-state index contributed by atoms with van der Waals surface area (Å²) in [5, 5.41) is 0. The van der Waals surface area contributed by atoms with Crippen LogP contribution in [-0.4, -0.2) is 13.2 Å². The number of ether oxygens (including phenoxy) is 1. The molecule has 1 unspecified atom stereocenters. The molecule has 0 amide bonds. The summed E-state index contributed by atoms with van der Waals surface area (Å²) in [6.45, 7) is 0. The Morgan fingerprint density at radius 3 is 2.71 bits per heavy atom. The lowest BCUT2D eigenvalue weighted by molar-refractivity contribution is 0.394. The van der Waals surface area contributed by atoms with E-state index in [9.17, 15) is 0 Å². The molecule has 2 rings (SSSR count). The maximum Gasteiger partial charge on any atom is 0.122 e. The zero-order valence-corrected chi connectivity index (χ0v) is 10.7. The van der Waals surface area contributed by atoms with E-state index in [0.29, 0.717) is 6.04 Å². The van der Waals surface area contributed by atoms with Gasteiger partial charge in [0.05, 0.1) is 7.11 Å². The van der Waals surface area contributed by atoms with E-state index in [2.05, 4.69) is 12.1 Å². The summed E-state index contributed by atoms with van der Waals surface area (Å²) >= 11 is 0. The molecule has 2 N–H and O–H groups in total. The highest BCUT2D eigenvalue weighted by Crippen LogP contribution is 2.29. The molecule has 0 bridgehead atoms. The molecule has 0 heterocycles. The summed E-state index contributed by atoms with van der Waals surface area (Å²) in [5.74, 6) is 1.75. The second-order valence-electron chi connectivity index (χ2n) is 5.06. The van der Waals surface area contributed by atoms with E-state index in [1.54, 1.807) is 7.11 Å². The van der Waals surface area contributed by atoms with Crippen LogP contribution in [0.15, 0.2) is 24.3 Å². The van der Waals surface area contributed by atoms with Gasteiger partial charge < -0.3 is 10.5 Å². The Bertz CT molecular complexity index is 345. The van der Waals surface area contributed by atoms with Crippen LogP contribution in [-0.2, 0) is 6.42 Å². The Morgan fingerprint density at radius 1 is 1.29 bits per heavy atom. The summed E-state index contributed by atoms with van der Waals surface area (Å²) in [5.41, 5.74) is 7.56. The van der Waals surface area contributed by atoms with Crippen LogP contribution in [0.2, 0.25) is 0 Å². The van der Waals surface area contributed by atoms with Gasteiger partial charge in [-0.05, 0) is 43.2 Å². The molecular formula is C15H23NO. The highest BCUT2D eigenvalue weighted by atomic mass is 16.5. The number of nitrogens with two attached hydrogens (primary N) is 1. The Kier molecular flexibility index (Phi) is 4.43. The van der Waals surface area contributed by atoms with Crippen LogP contribution in [0.5, 0.6) is 5.75 Å². The van der Waals surface area contributed by atoms with Crippen LogP contribution in [0, 0.1) is 5.92 Å². The highest BCUT2D eigenvalue weighted by Gasteiger charge is 2.21. The van der Waals surface area contributed by atoms with Gasteiger partial charge in [0.1, 0.15) is 5.75 Å². The van der Waals surface area contributed by atoms with Gasteiger partial charge in [0.15, 0.2) is 0 Å². The van der Waals surface area contributed by atoms with Crippen LogP contribution in [0.1, 0.15) is 37.7 Å².